The second-order valence-electron chi connectivity index (χ2n) is 5.55. The fraction of sp³-hybridized carbons (Fsp3) is 1.00. The Morgan fingerprint density at radius 1 is 1.27 bits per heavy atom. The summed E-state index contributed by atoms with van der Waals surface area (Å²) in [5.74, 6) is 0.961. The van der Waals surface area contributed by atoms with Crippen molar-refractivity contribution in [2.24, 2.45) is 5.92 Å². The van der Waals surface area contributed by atoms with Crippen LogP contribution in [0.25, 0.3) is 0 Å². The van der Waals surface area contributed by atoms with E-state index in [4.69, 9.17) is 0 Å². The van der Waals surface area contributed by atoms with E-state index >= 15 is 0 Å². The summed E-state index contributed by atoms with van der Waals surface area (Å²) in [5.41, 5.74) is -0.313. The third-order valence-corrected chi connectivity index (χ3v) is 4.04. The third-order valence-electron chi connectivity index (χ3n) is 4.04. The topological polar surface area (TPSA) is 23.5 Å². The van der Waals surface area contributed by atoms with Gasteiger partial charge < -0.3 is 10.0 Å². The van der Waals surface area contributed by atoms with Gasteiger partial charge in [0, 0.05) is 13.1 Å². The summed E-state index contributed by atoms with van der Waals surface area (Å²) in [6.07, 6.45) is 8.39. The van der Waals surface area contributed by atoms with Crippen LogP contribution >= 0.6 is 0 Å². The van der Waals surface area contributed by atoms with Gasteiger partial charge in [0.05, 0.1) is 5.60 Å². The average molecular weight is 211 g/mol. The van der Waals surface area contributed by atoms with E-state index in [1.54, 1.807) is 0 Å². The summed E-state index contributed by atoms with van der Waals surface area (Å²) in [4.78, 5) is 2.49. The Kier molecular flexibility index (Phi) is 3.68. The van der Waals surface area contributed by atoms with E-state index in [9.17, 15) is 5.11 Å². The number of rotatable bonds is 5. The van der Waals surface area contributed by atoms with Crippen molar-refractivity contribution in [3.05, 3.63) is 0 Å². The molecule has 1 aliphatic heterocycles. The normalized spacial score (nSPS) is 26.8. The molecule has 15 heavy (non-hydrogen) atoms. The first-order chi connectivity index (χ1) is 7.22. The second-order valence-corrected chi connectivity index (χ2v) is 5.55. The molecular weight excluding hydrogens is 186 g/mol. The molecule has 0 radical (unpaired) electrons. The Balaban J connectivity index is 1.69. The molecule has 0 aromatic heterocycles. The molecule has 0 aromatic rings. The first kappa shape index (κ1) is 11.4. The minimum Gasteiger partial charge on any atom is -0.390 e. The fourth-order valence-electron chi connectivity index (χ4n) is 2.64. The van der Waals surface area contributed by atoms with Crippen LogP contribution in [0.4, 0.5) is 0 Å². The van der Waals surface area contributed by atoms with Crippen molar-refractivity contribution in [3.8, 4) is 0 Å². The van der Waals surface area contributed by atoms with Crippen molar-refractivity contribution in [2.75, 3.05) is 19.6 Å². The van der Waals surface area contributed by atoms with E-state index in [1.807, 2.05) is 0 Å². The summed E-state index contributed by atoms with van der Waals surface area (Å²) < 4.78 is 0. The highest BCUT2D eigenvalue weighted by Gasteiger charge is 2.33. The molecule has 0 bridgehead atoms. The maximum Gasteiger partial charge on any atom is 0.0672 e. The lowest BCUT2D eigenvalue weighted by Crippen LogP contribution is -2.44. The fourth-order valence-corrected chi connectivity index (χ4v) is 2.64. The number of hydrogen-bond acceptors (Lipinski definition) is 2. The van der Waals surface area contributed by atoms with Crippen LogP contribution in [-0.4, -0.2) is 35.2 Å². The molecule has 0 atom stereocenters. The van der Waals surface area contributed by atoms with Crippen molar-refractivity contribution < 1.29 is 5.11 Å². The minimum absolute atomic E-state index is 0.313. The van der Waals surface area contributed by atoms with Gasteiger partial charge in [-0.2, -0.15) is 0 Å². The number of likely N-dealkylation sites (tertiary alicyclic amines) is 1. The van der Waals surface area contributed by atoms with Crippen LogP contribution in [-0.2, 0) is 0 Å². The van der Waals surface area contributed by atoms with Crippen molar-refractivity contribution in [2.45, 2.75) is 57.5 Å². The van der Waals surface area contributed by atoms with Gasteiger partial charge >= 0.3 is 0 Å². The zero-order chi connectivity index (χ0) is 10.7. The van der Waals surface area contributed by atoms with Crippen LogP contribution in [0, 0.1) is 5.92 Å². The van der Waals surface area contributed by atoms with E-state index in [-0.39, 0.29) is 5.60 Å². The molecule has 2 fully saturated rings. The van der Waals surface area contributed by atoms with E-state index in [2.05, 4.69) is 11.8 Å². The number of aliphatic hydroxyl groups is 1. The van der Waals surface area contributed by atoms with Gasteiger partial charge in [0.25, 0.3) is 0 Å². The maximum atomic E-state index is 10.4. The molecule has 0 unspecified atom stereocenters. The van der Waals surface area contributed by atoms with Gasteiger partial charge in [-0.25, -0.2) is 0 Å². The van der Waals surface area contributed by atoms with Crippen LogP contribution in [0.15, 0.2) is 0 Å². The summed E-state index contributed by atoms with van der Waals surface area (Å²) in [7, 11) is 0. The zero-order valence-electron chi connectivity index (χ0n) is 10.0. The Hall–Kier alpha value is -0.0800. The first-order valence-corrected chi connectivity index (χ1v) is 6.66. The largest absolute Gasteiger partial charge is 0.390 e. The lowest BCUT2D eigenvalue weighted by Gasteiger charge is -2.38. The van der Waals surface area contributed by atoms with Gasteiger partial charge in [0.15, 0.2) is 0 Å². The summed E-state index contributed by atoms with van der Waals surface area (Å²) >= 11 is 0. The zero-order valence-corrected chi connectivity index (χ0v) is 10.0. The smallest absolute Gasteiger partial charge is 0.0672 e. The summed E-state index contributed by atoms with van der Waals surface area (Å²) in [6, 6.07) is 0. The molecule has 2 nitrogen and oxygen atoms in total. The van der Waals surface area contributed by atoms with Crippen LogP contribution in [0.3, 0.4) is 0 Å². The maximum absolute atomic E-state index is 10.4. The summed E-state index contributed by atoms with van der Waals surface area (Å²) in [6.45, 7) is 5.65. The molecule has 2 aliphatic rings. The average Bonchev–Trinajstić information content (AvgIpc) is 3.03. The Morgan fingerprint density at radius 2 is 1.93 bits per heavy atom. The highest BCUT2D eigenvalue weighted by Crippen LogP contribution is 2.37. The van der Waals surface area contributed by atoms with Gasteiger partial charge in [-0.15, -0.1) is 0 Å². The number of hydrogen-bond donors (Lipinski definition) is 1. The standard InChI is InChI=1S/C13H25NO/c1-2-9-14-10-7-13(15,8-11-14)6-5-12-3-4-12/h12,15H,2-11H2,1H3. The molecule has 0 aromatic carbocycles. The van der Waals surface area contributed by atoms with Crippen LogP contribution in [0.2, 0.25) is 0 Å². The highest BCUT2D eigenvalue weighted by atomic mass is 16.3. The van der Waals surface area contributed by atoms with Crippen molar-refractivity contribution in [3.63, 3.8) is 0 Å². The first-order valence-electron chi connectivity index (χ1n) is 6.66. The van der Waals surface area contributed by atoms with Gasteiger partial charge in [-0.05, 0) is 44.6 Å². The van der Waals surface area contributed by atoms with Gasteiger partial charge in [-0.3, -0.25) is 0 Å². The van der Waals surface area contributed by atoms with E-state index in [0.29, 0.717) is 0 Å². The van der Waals surface area contributed by atoms with Gasteiger partial charge in [0.1, 0.15) is 0 Å². The van der Waals surface area contributed by atoms with E-state index in [1.165, 1.54) is 32.2 Å². The molecule has 2 rings (SSSR count). The molecule has 1 N–H and O–H groups in total. The van der Waals surface area contributed by atoms with Crippen molar-refractivity contribution in [1.82, 2.24) is 4.90 Å². The predicted octanol–water partition coefficient (Wildman–Crippen LogP) is 2.41. The third kappa shape index (κ3) is 3.46. The van der Waals surface area contributed by atoms with E-state index < -0.39 is 0 Å². The molecule has 1 saturated heterocycles. The summed E-state index contributed by atoms with van der Waals surface area (Å²) in [5, 5.41) is 10.4. The lowest BCUT2D eigenvalue weighted by molar-refractivity contribution is -0.0297. The molecule has 88 valence electrons. The van der Waals surface area contributed by atoms with E-state index in [0.717, 1.165) is 38.3 Å². The SMILES string of the molecule is CCCN1CCC(O)(CCC2CC2)CC1. The van der Waals surface area contributed by atoms with Crippen LogP contribution in [0.5, 0.6) is 0 Å². The lowest BCUT2D eigenvalue weighted by atomic mass is 9.86. The molecular formula is C13H25NO. The number of piperidine rings is 1. The quantitative estimate of drug-likeness (QED) is 0.755. The van der Waals surface area contributed by atoms with Crippen molar-refractivity contribution >= 4 is 0 Å². The highest BCUT2D eigenvalue weighted by molar-refractivity contribution is 4.87. The van der Waals surface area contributed by atoms with Crippen molar-refractivity contribution in [1.29, 1.82) is 0 Å². The second kappa shape index (κ2) is 4.84. The van der Waals surface area contributed by atoms with Crippen LogP contribution in [0.1, 0.15) is 51.9 Å². The molecule has 1 saturated carbocycles. The van der Waals surface area contributed by atoms with Gasteiger partial charge in [0.2, 0.25) is 0 Å². The Morgan fingerprint density at radius 3 is 2.47 bits per heavy atom. The molecule has 1 heterocycles. The molecule has 0 amide bonds. The van der Waals surface area contributed by atoms with Crippen LogP contribution < -0.4 is 0 Å². The minimum atomic E-state index is -0.313. The molecule has 0 spiro atoms. The molecule has 1 aliphatic carbocycles. The number of nitrogens with zero attached hydrogens (tertiary/aromatic N) is 1. The molecule has 2 heteroatoms. The predicted molar refractivity (Wildman–Crippen MR) is 62.9 cm³/mol. The van der Waals surface area contributed by atoms with Gasteiger partial charge in [-0.1, -0.05) is 19.8 Å². The monoisotopic (exact) mass is 211 g/mol. The Bertz CT molecular complexity index is 193. The Labute approximate surface area is 93.7 Å².